The fourth-order valence-corrected chi connectivity index (χ4v) is 4.93. The Balaban J connectivity index is 1.40. The van der Waals surface area contributed by atoms with Crippen LogP contribution in [0.3, 0.4) is 0 Å². The van der Waals surface area contributed by atoms with Crippen LogP contribution in [-0.2, 0) is 4.79 Å². The van der Waals surface area contributed by atoms with E-state index in [1.54, 1.807) is 24.8 Å². The van der Waals surface area contributed by atoms with Crippen molar-refractivity contribution < 1.29 is 4.79 Å². The van der Waals surface area contributed by atoms with Crippen molar-refractivity contribution in [2.24, 2.45) is 5.41 Å². The Labute approximate surface area is 220 Å². The quantitative estimate of drug-likeness (QED) is 0.245. The second-order valence-electron chi connectivity index (χ2n) is 9.60. The highest BCUT2D eigenvalue weighted by atomic mass is 35.5. The summed E-state index contributed by atoms with van der Waals surface area (Å²) in [5, 5.41) is 10.5. The van der Waals surface area contributed by atoms with Crippen LogP contribution in [0, 0.1) is 5.41 Å². The van der Waals surface area contributed by atoms with Crippen molar-refractivity contribution >= 4 is 56.6 Å². The number of pyridine rings is 3. The van der Waals surface area contributed by atoms with Gasteiger partial charge in [-0.05, 0) is 30.3 Å². The number of rotatable bonds is 4. The van der Waals surface area contributed by atoms with E-state index in [0.29, 0.717) is 32.8 Å². The maximum atomic E-state index is 12.4. The number of nitrogens with zero attached hydrogens (tertiary/aromatic N) is 5. The summed E-state index contributed by atoms with van der Waals surface area (Å²) in [6.07, 6.45) is 6.86. The zero-order valence-corrected chi connectivity index (χ0v) is 21.7. The monoisotopic (exact) mass is 528 g/mol. The molecule has 0 aliphatic heterocycles. The van der Waals surface area contributed by atoms with Crippen molar-refractivity contribution in [2.75, 3.05) is 5.32 Å². The summed E-state index contributed by atoms with van der Waals surface area (Å²) in [5.74, 6) is 0.489. The first-order valence-corrected chi connectivity index (χ1v) is 12.7. The number of carbonyl (C=O) groups is 1. The molecule has 0 aliphatic carbocycles. The Morgan fingerprint density at radius 1 is 0.973 bits per heavy atom. The van der Waals surface area contributed by atoms with E-state index >= 15 is 0 Å². The summed E-state index contributed by atoms with van der Waals surface area (Å²) in [6, 6.07) is 9.48. The molecule has 37 heavy (non-hydrogen) atoms. The first-order chi connectivity index (χ1) is 17.8. The molecule has 0 saturated carbocycles. The van der Waals surface area contributed by atoms with E-state index < -0.39 is 5.41 Å². The molecule has 3 N–H and O–H groups in total. The molecule has 0 aliphatic rings. The Morgan fingerprint density at radius 3 is 2.59 bits per heavy atom. The Kier molecular flexibility index (Phi) is 5.50. The molecule has 0 aromatic carbocycles. The highest BCUT2D eigenvalue weighted by molar-refractivity contribution is 7.19. The van der Waals surface area contributed by atoms with Gasteiger partial charge in [0, 0.05) is 33.8 Å². The van der Waals surface area contributed by atoms with Crippen LogP contribution in [-0.4, -0.2) is 41.0 Å². The third kappa shape index (κ3) is 4.34. The second kappa shape index (κ2) is 8.75. The third-order valence-corrected chi connectivity index (χ3v) is 7.10. The average molecular weight is 529 g/mol. The second-order valence-corrected chi connectivity index (χ2v) is 11.3. The maximum absolute atomic E-state index is 12.4. The molecule has 6 aromatic rings. The van der Waals surface area contributed by atoms with Crippen molar-refractivity contribution in [3.63, 3.8) is 0 Å². The number of thiophene rings is 1. The normalized spacial score (nSPS) is 11.9. The highest BCUT2D eigenvalue weighted by Crippen LogP contribution is 2.36. The van der Waals surface area contributed by atoms with Gasteiger partial charge in [0.15, 0.2) is 11.5 Å². The van der Waals surface area contributed by atoms with Crippen LogP contribution in [0.25, 0.3) is 55.3 Å². The van der Waals surface area contributed by atoms with Gasteiger partial charge in [-0.2, -0.15) is 5.10 Å². The number of aromatic amines is 2. The van der Waals surface area contributed by atoms with Crippen LogP contribution in [0.15, 0.2) is 55.1 Å². The van der Waals surface area contributed by atoms with E-state index in [1.807, 2.05) is 51.1 Å². The molecule has 0 radical (unpaired) electrons. The van der Waals surface area contributed by atoms with Crippen molar-refractivity contribution in [1.29, 1.82) is 0 Å². The lowest BCUT2D eigenvalue weighted by molar-refractivity contribution is -0.123. The van der Waals surface area contributed by atoms with Gasteiger partial charge in [0.2, 0.25) is 5.91 Å². The fourth-order valence-electron chi connectivity index (χ4n) is 3.88. The van der Waals surface area contributed by atoms with Crippen molar-refractivity contribution in [1.82, 2.24) is 35.1 Å². The Bertz CT molecular complexity index is 1800. The van der Waals surface area contributed by atoms with E-state index in [9.17, 15) is 4.79 Å². The van der Waals surface area contributed by atoms with Gasteiger partial charge in [0.1, 0.15) is 11.0 Å². The van der Waals surface area contributed by atoms with Gasteiger partial charge in [0.05, 0.1) is 39.1 Å². The molecule has 6 rings (SSSR count). The number of halogens is 1. The van der Waals surface area contributed by atoms with Crippen molar-refractivity contribution in [3.8, 4) is 33.2 Å². The molecule has 6 heterocycles. The summed E-state index contributed by atoms with van der Waals surface area (Å²) in [6.45, 7) is 5.59. The number of nitrogens with one attached hydrogen (secondary N) is 3. The van der Waals surface area contributed by atoms with E-state index in [2.05, 4.69) is 30.5 Å². The van der Waals surface area contributed by atoms with Gasteiger partial charge in [-0.1, -0.05) is 32.4 Å². The summed E-state index contributed by atoms with van der Waals surface area (Å²) in [4.78, 5) is 35.1. The summed E-state index contributed by atoms with van der Waals surface area (Å²) in [7, 11) is 0. The van der Waals surface area contributed by atoms with Gasteiger partial charge in [-0.3, -0.25) is 19.9 Å². The largest absolute Gasteiger partial charge is 0.335 e. The van der Waals surface area contributed by atoms with Crippen molar-refractivity contribution in [3.05, 3.63) is 59.5 Å². The first-order valence-electron chi connectivity index (χ1n) is 11.5. The van der Waals surface area contributed by atoms with Crippen LogP contribution >= 0.6 is 22.9 Å². The maximum Gasteiger partial charge on any atom is 0.229 e. The Morgan fingerprint density at radius 2 is 1.81 bits per heavy atom. The number of carbonyl (C=O) groups excluding carboxylic acids is 1. The first kappa shape index (κ1) is 23.3. The summed E-state index contributed by atoms with van der Waals surface area (Å²) < 4.78 is 0.703. The summed E-state index contributed by atoms with van der Waals surface area (Å²) in [5.41, 5.74) is 6.04. The minimum absolute atomic E-state index is 0.0875. The Hall–Kier alpha value is -4.15. The lowest BCUT2D eigenvalue weighted by Crippen LogP contribution is -2.27. The summed E-state index contributed by atoms with van der Waals surface area (Å²) >= 11 is 7.63. The standard InChI is InChI=1S/C26H21ClN8OS/c1-26(2,3)25(36)30-14-8-13(9-28-10-14)16-4-5-17-22(31-16)23(35-34-17)24-32-18-12-29-11-15(21(18)33-24)19-6-7-20(27)37-19/h4-12H,1-3H3,(H,30,36)(H,32,33)(H,34,35). The van der Waals surface area contributed by atoms with Gasteiger partial charge < -0.3 is 10.3 Å². The smallest absolute Gasteiger partial charge is 0.229 e. The number of anilines is 1. The molecule has 0 spiro atoms. The van der Waals surface area contributed by atoms with Crippen LogP contribution in [0.2, 0.25) is 4.34 Å². The zero-order chi connectivity index (χ0) is 25.7. The number of aromatic nitrogens is 7. The molecule has 0 bridgehead atoms. The fraction of sp³-hybridized carbons (Fsp3) is 0.154. The average Bonchev–Trinajstić information content (AvgIpc) is 3.60. The molecule has 0 unspecified atom stereocenters. The van der Waals surface area contributed by atoms with Gasteiger partial charge >= 0.3 is 0 Å². The highest BCUT2D eigenvalue weighted by Gasteiger charge is 2.22. The van der Waals surface area contributed by atoms with Crippen LogP contribution in [0.1, 0.15) is 20.8 Å². The van der Waals surface area contributed by atoms with Gasteiger partial charge in [-0.25, -0.2) is 9.97 Å². The predicted octanol–water partition coefficient (Wildman–Crippen LogP) is 6.32. The van der Waals surface area contributed by atoms with Crippen LogP contribution in [0.5, 0.6) is 0 Å². The number of imidazole rings is 1. The minimum Gasteiger partial charge on any atom is -0.335 e. The number of hydrogen-bond donors (Lipinski definition) is 3. The van der Waals surface area contributed by atoms with Crippen LogP contribution < -0.4 is 5.32 Å². The third-order valence-electron chi connectivity index (χ3n) is 5.84. The number of H-pyrrole nitrogens is 2. The molecule has 9 nitrogen and oxygen atoms in total. The van der Waals surface area contributed by atoms with E-state index in [1.165, 1.54) is 11.3 Å². The molecule has 6 aromatic heterocycles. The van der Waals surface area contributed by atoms with E-state index in [4.69, 9.17) is 21.6 Å². The zero-order valence-electron chi connectivity index (χ0n) is 20.1. The number of hydrogen-bond acceptors (Lipinski definition) is 7. The molecule has 0 saturated heterocycles. The van der Waals surface area contributed by atoms with Gasteiger partial charge in [0.25, 0.3) is 0 Å². The molecule has 1 amide bonds. The SMILES string of the molecule is CC(C)(C)C(=O)Nc1cncc(-c2ccc3[nH]nc(-c4nc5c(-c6ccc(Cl)s6)cncc5[nH]4)c3n2)c1. The minimum atomic E-state index is -0.517. The topological polar surface area (TPSA) is 125 Å². The van der Waals surface area contributed by atoms with Crippen LogP contribution in [0.4, 0.5) is 5.69 Å². The predicted molar refractivity (Wildman–Crippen MR) is 146 cm³/mol. The molecule has 11 heteroatoms. The van der Waals surface area contributed by atoms with E-state index in [-0.39, 0.29) is 5.91 Å². The number of amides is 1. The molecule has 0 fully saturated rings. The molecular formula is C26H21ClN8OS. The number of fused-ring (bicyclic) bond motifs is 2. The molecular weight excluding hydrogens is 508 g/mol. The van der Waals surface area contributed by atoms with Gasteiger partial charge in [-0.15, -0.1) is 11.3 Å². The lowest BCUT2D eigenvalue weighted by atomic mass is 9.95. The molecule has 184 valence electrons. The lowest BCUT2D eigenvalue weighted by Gasteiger charge is -2.17. The van der Waals surface area contributed by atoms with E-state index in [0.717, 1.165) is 32.6 Å². The van der Waals surface area contributed by atoms with Crippen molar-refractivity contribution in [2.45, 2.75) is 20.8 Å². The molecule has 0 atom stereocenters.